The molecule has 1 heterocycles. The summed E-state index contributed by atoms with van der Waals surface area (Å²) in [4.78, 5) is 16.7. The average Bonchev–Trinajstić information content (AvgIpc) is 2.80. The minimum atomic E-state index is 0.254. The van der Waals surface area contributed by atoms with Crippen LogP contribution in [0.5, 0.6) is 0 Å². The van der Waals surface area contributed by atoms with Gasteiger partial charge in [-0.25, -0.2) is 0 Å². The number of hydrogen-bond donors (Lipinski definition) is 0. The van der Waals surface area contributed by atoms with Gasteiger partial charge in [0.15, 0.2) is 0 Å². The summed E-state index contributed by atoms with van der Waals surface area (Å²) < 4.78 is 22.4. The van der Waals surface area contributed by atoms with Crippen molar-refractivity contribution in [1.82, 2.24) is 9.80 Å². The fourth-order valence-electron chi connectivity index (χ4n) is 3.58. The lowest BCUT2D eigenvalue weighted by atomic mass is 10.2. The topological polar surface area (TPSA) is 60.5 Å². The number of carbonyl (C=O) groups is 1. The summed E-state index contributed by atoms with van der Waals surface area (Å²) in [6, 6.07) is 0.560. The molecule has 1 aliphatic heterocycles. The van der Waals surface area contributed by atoms with Crippen LogP contribution in [0.1, 0.15) is 72.6 Å². The van der Waals surface area contributed by atoms with E-state index in [1.54, 1.807) is 0 Å². The van der Waals surface area contributed by atoms with Crippen molar-refractivity contribution >= 4 is 5.91 Å². The Balaban J connectivity index is 1.77. The summed E-state index contributed by atoms with van der Waals surface area (Å²) in [5, 5.41) is 0. The third-order valence-corrected chi connectivity index (χ3v) is 5.98. The van der Waals surface area contributed by atoms with E-state index in [1.807, 2.05) is 4.90 Å². The Kier molecular flexibility index (Phi) is 18.1. The van der Waals surface area contributed by atoms with Crippen LogP contribution in [0.3, 0.4) is 0 Å². The first kappa shape index (κ1) is 29.3. The molecule has 1 rings (SSSR count). The van der Waals surface area contributed by atoms with Crippen LogP contribution in [0.4, 0.5) is 0 Å². The second-order valence-corrected chi connectivity index (χ2v) is 8.96. The molecule has 0 aliphatic carbocycles. The highest BCUT2D eigenvalue weighted by Gasteiger charge is 2.21. The van der Waals surface area contributed by atoms with Gasteiger partial charge in [-0.05, 0) is 46.5 Å². The van der Waals surface area contributed by atoms with Crippen molar-refractivity contribution in [2.24, 2.45) is 0 Å². The van der Waals surface area contributed by atoms with Gasteiger partial charge in [-0.2, -0.15) is 0 Å². The fourth-order valence-corrected chi connectivity index (χ4v) is 3.58. The second kappa shape index (κ2) is 19.7. The molecule has 1 saturated heterocycles. The van der Waals surface area contributed by atoms with Crippen LogP contribution in [0.25, 0.3) is 0 Å². The predicted molar refractivity (Wildman–Crippen MR) is 129 cm³/mol. The summed E-state index contributed by atoms with van der Waals surface area (Å²) >= 11 is 0. The number of nitrogens with zero attached hydrogens (tertiary/aromatic N) is 2. The van der Waals surface area contributed by atoms with E-state index in [-0.39, 0.29) is 5.91 Å². The van der Waals surface area contributed by atoms with Crippen molar-refractivity contribution in [3.8, 4) is 0 Å². The van der Waals surface area contributed by atoms with E-state index in [4.69, 9.17) is 18.9 Å². The Morgan fingerprint density at radius 2 is 1.25 bits per heavy atom. The summed E-state index contributed by atoms with van der Waals surface area (Å²) in [7, 11) is 0. The van der Waals surface area contributed by atoms with Crippen LogP contribution >= 0.6 is 0 Å². The zero-order valence-electron chi connectivity index (χ0n) is 21.3. The highest BCUT2D eigenvalue weighted by Crippen LogP contribution is 2.08. The number of amides is 1. The van der Waals surface area contributed by atoms with Crippen molar-refractivity contribution in [3.63, 3.8) is 0 Å². The van der Waals surface area contributed by atoms with Gasteiger partial charge in [-0.3, -0.25) is 9.69 Å². The van der Waals surface area contributed by atoms with Crippen LogP contribution in [-0.4, -0.2) is 100 Å². The average molecular weight is 459 g/mol. The zero-order chi connectivity index (χ0) is 23.4. The Labute approximate surface area is 197 Å². The van der Waals surface area contributed by atoms with Crippen LogP contribution in [0, 0.1) is 0 Å². The molecule has 190 valence electrons. The first-order chi connectivity index (χ1) is 15.5. The summed E-state index contributed by atoms with van der Waals surface area (Å²) in [6.45, 7) is 17.0. The Morgan fingerprint density at radius 3 is 1.81 bits per heavy atom. The number of ether oxygens (including phenoxy) is 4. The van der Waals surface area contributed by atoms with Crippen molar-refractivity contribution < 1.29 is 23.7 Å². The van der Waals surface area contributed by atoms with E-state index < -0.39 is 0 Å². The molecule has 0 aromatic rings. The molecule has 1 atom stereocenters. The van der Waals surface area contributed by atoms with E-state index >= 15 is 0 Å². The van der Waals surface area contributed by atoms with Crippen LogP contribution in [0.15, 0.2) is 0 Å². The Bertz CT molecular complexity index is 442. The lowest BCUT2D eigenvalue weighted by Gasteiger charge is -2.37. The summed E-state index contributed by atoms with van der Waals surface area (Å²) in [5.41, 5.74) is 0. The minimum Gasteiger partial charge on any atom is -0.379 e. The summed E-state index contributed by atoms with van der Waals surface area (Å²) in [6.07, 6.45) is 7.43. The highest BCUT2D eigenvalue weighted by atomic mass is 16.5. The van der Waals surface area contributed by atoms with Crippen LogP contribution in [-0.2, 0) is 23.7 Å². The fraction of sp³-hybridized carbons (Fsp3) is 0.960. The molecular formula is C25H50N2O5. The van der Waals surface area contributed by atoms with Gasteiger partial charge in [0.05, 0.1) is 32.5 Å². The Hall–Kier alpha value is -0.730. The minimum absolute atomic E-state index is 0.254. The summed E-state index contributed by atoms with van der Waals surface area (Å²) in [5.74, 6) is 0.254. The van der Waals surface area contributed by atoms with Crippen molar-refractivity contribution in [2.45, 2.75) is 84.8 Å². The molecule has 0 aromatic heterocycles. The van der Waals surface area contributed by atoms with Gasteiger partial charge in [0.25, 0.3) is 0 Å². The van der Waals surface area contributed by atoms with Crippen LogP contribution < -0.4 is 0 Å². The van der Waals surface area contributed by atoms with Gasteiger partial charge in [0, 0.05) is 58.5 Å². The number of piperazine rings is 1. The normalized spacial score (nSPS) is 16.1. The maximum Gasteiger partial charge on any atom is 0.222 e. The van der Waals surface area contributed by atoms with Gasteiger partial charge in [-0.1, -0.05) is 19.8 Å². The van der Waals surface area contributed by atoms with E-state index in [2.05, 4.69) is 32.6 Å². The van der Waals surface area contributed by atoms with E-state index in [0.717, 1.165) is 65.1 Å². The van der Waals surface area contributed by atoms with Crippen molar-refractivity contribution in [3.05, 3.63) is 0 Å². The third-order valence-electron chi connectivity index (χ3n) is 5.98. The standard InChI is InChI=1S/C25H50N2O5/c1-5-24(4)32-18-9-7-6-8-16-29-19-21-31-22-20-30-17-10-11-25(28)27-14-12-26(13-15-27)23(2)3/h23-24H,5-22H2,1-4H3. The van der Waals surface area contributed by atoms with Gasteiger partial charge in [0.1, 0.15) is 0 Å². The highest BCUT2D eigenvalue weighted by molar-refractivity contribution is 5.76. The smallest absolute Gasteiger partial charge is 0.222 e. The lowest BCUT2D eigenvalue weighted by Crippen LogP contribution is -2.50. The molecule has 0 N–H and O–H groups in total. The molecule has 7 nitrogen and oxygen atoms in total. The van der Waals surface area contributed by atoms with Gasteiger partial charge in [0.2, 0.25) is 5.91 Å². The van der Waals surface area contributed by atoms with Crippen molar-refractivity contribution in [1.29, 1.82) is 0 Å². The van der Waals surface area contributed by atoms with Gasteiger partial charge in [-0.15, -0.1) is 0 Å². The molecule has 0 aromatic carbocycles. The number of carbonyl (C=O) groups excluding carboxylic acids is 1. The predicted octanol–water partition coefficient (Wildman–Crippen LogP) is 3.74. The molecule has 0 radical (unpaired) electrons. The SMILES string of the molecule is CCC(C)OCCCCCCOCCOCCOCCCC(=O)N1CCN(C(C)C)CC1. The van der Waals surface area contributed by atoms with Crippen LogP contribution in [0.2, 0.25) is 0 Å². The molecule has 1 fully saturated rings. The zero-order valence-corrected chi connectivity index (χ0v) is 21.3. The van der Waals surface area contributed by atoms with E-state index in [9.17, 15) is 4.79 Å². The molecule has 32 heavy (non-hydrogen) atoms. The van der Waals surface area contributed by atoms with E-state index in [0.29, 0.717) is 51.6 Å². The first-order valence-electron chi connectivity index (χ1n) is 12.9. The number of rotatable bonds is 20. The second-order valence-electron chi connectivity index (χ2n) is 8.96. The monoisotopic (exact) mass is 458 g/mol. The molecule has 0 spiro atoms. The Morgan fingerprint density at radius 1 is 0.719 bits per heavy atom. The van der Waals surface area contributed by atoms with Gasteiger partial charge >= 0.3 is 0 Å². The van der Waals surface area contributed by atoms with E-state index in [1.165, 1.54) is 12.8 Å². The van der Waals surface area contributed by atoms with Crippen molar-refractivity contribution in [2.75, 3.05) is 72.4 Å². The molecule has 1 aliphatic rings. The molecule has 0 bridgehead atoms. The van der Waals surface area contributed by atoms with Gasteiger partial charge < -0.3 is 23.8 Å². The lowest BCUT2D eigenvalue weighted by molar-refractivity contribution is -0.133. The first-order valence-corrected chi connectivity index (χ1v) is 12.9. The maximum absolute atomic E-state index is 12.3. The molecule has 0 saturated carbocycles. The largest absolute Gasteiger partial charge is 0.379 e. The molecule has 1 unspecified atom stereocenters. The third kappa shape index (κ3) is 15.2. The molecular weight excluding hydrogens is 408 g/mol. The maximum atomic E-state index is 12.3. The quantitative estimate of drug-likeness (QED) is 0.259. The molecule has 1 amide bonds. The number of unbranched alkanes of at least 4 members (excludes halogenated alkanes) is 3. The molecule has 7 heteroatoms. The number of hydrogen-bond acceptors (Lipinski definition) is 6.